The van der Waals surface area contributed by atoms with E-state index in [9.17, 15) is 5.11 Å². The Balaban J connectivity index is 2.07. The molecule has 3 nitrogen and oxygen atoms in total. The second kappa shape index (κ2) is 6.25. The van der Waals surface area contributed by atoms with Crippen molar-refractivity contribution in [3.8, 4) is 0 Å². The van der Waals surface area contributed by atoms with Crippen molar-refractivity contribution in [2.45, 2.75) is 52.2 Å². The molecule has 0 saturated carbocycles. The first-order chi connectivity index (χ1) is 9.37. The molecule has 0 aliphatic carbocycles. The maximum absolute atomic E-state index is 10.7. The minimum Gasteiger partial charge on any atom is -0.390 e. The van der Waals surface area contributed by atoms with Crippen molar-refractivity contribution in [1.82, 2.24) is 5.32 Å². The SMILES string of the molecule is Cc1cc(C)c(CC(C)(O)CC2COCCN2)c(C)c1. The molecular formula is C17H27NO2. The Hall–Kier alpha value is -0.900. The van der Waals surface area contributed by atoms with Crippen LogP contribution in [0.4, 0.5) is 0 Å². The fourth-order valence-electron chi connectivity index (χ4n) is 3.22. The molecule has 0 bridgehead atoms. The Morgan fingerprint density at radius 2 is 1.95 bits per heavy atom. The Bertz CT molecular complexity index is 439. The van der Waals surface area contributed by atoms with E-state index in [0.717, 1.165) is 19.6 Å². The van der Waals surface area contributed by atoms with Crippen LogP contribution in [0.3, 0.4) is 0 Å². The predicted molar refractivity (Wildman–Crippen MR) is 82.2 cm³/mol. The number of ether oxygens (including phenoxy) is 1. The first-order valence-corrected chi connectivity index (χ1v) is 7.48. The molecule has 1 saturated heterocycles. The van der Waals surface area contributed by atoms with Crippen molar-refractivity contribution in [2.24, 2.45) is 0 Å². The van der Waals surface area contributed by atoms with Crippen LogP contribution in [0.1, 0.15) is 35.6 Å². The van der Waals surface area contributed by atoms with Crippen LogP contribution in [0.25, 0.3) is 0 Å². The van der Waals surface area contributed by atoms with Crippen LogP contribution in [0.2, 0.25) is 0 Å². The minimum atomic E-state index is -0.705. The molecule has 112 valence electrons. The van der Waals surface area contributed by atoms with Gasteiger partial charge in [0.05, 0.1) is 18.8 Å². The second-order valence-electron chi connectivity index (χ2n) is 6.48. The van der Waals surface area contributed by atoms with Crippen molar-refractivity contribution in [2.75, 3.05) is 19.8 Å². The number of rotatable bonds is 4. The molecule has 3 heteroatoms. The number of morpholine rings is 1. The van der Waals surface area contributed by atoms with E-state index in [1.807, 2.05) is 6.92 Å². The Morgan fingerprint density at radius 3 is 2.50 bits per heavy atom. The lowest BCUT2D eigenvalue weighted by atomic mass is 9.85. The third kappa shape index (κ3) is 4.05. The lowest BCUT2D eigenvalue weighted by molar-refractivity contribution is 0.00634. The van der Waals surface area contributed by atoms with Crippen molar-refractivity contribution in [3.63, 3.8) is 0 Å². The van der Waals surface area contributed by atoms with E-state index < -0.39 is 5.60 Å². The van der Waals surface area contributed by atoms with Crippen molar-refractivity contribution in [3.05, 3.63) is 34.4 Å². The van der Waals surface area contributed by atoms with Crippen LogP contribution in [0.5, 0.6) is 0 Å². The lowest BCUT2D eigenvalue weighted by Crippen LogP contribution is -2.46. The van der Waals surface area contributed by atoms with Crippen molar-refractivity contribution in [1.29, 1.82) is 0 Å². The molecule has 1 aliphatic heterocycles. The molecular weight excluding hydrogens is 250 g/mol. The summed E-state index contributed by atoms with van der Waals surface area (Å²) in [6.07, 6.45) is 1.42. The highest BCUT2D eigenvalue weighted by Gasteiger charge is 2.28. The molecule has 1 heterocycles. The predicted octanol–water partition coefficient (Wildman–Crippen LogP) is 2.28. The average Bonchev–Trinajstić information content (AvgIpc) is 2.34. The lowest BCUT2D eigenvalue weighted by Gasteiger charge is -2.32. The summed E-state index contributed by atoms with van der Waals surface area (Å²) in [6, 6.07) is 4.64. The van der Waals surface area contributed by atoms with E-state index >= 15 is 0 Å². The van der Waals surface area contributed by atoms with Crippen LogP contribution in [0, 0.1) is 20.8 Å². The van der Waals surface area contributed by atoms with Crippen LogP contribution in [-0.2, 0) is 11.2 Å². The van der Waals surface area contributed by atoms with E-state index in [-0.39, 0.29) is 6.04 Å². The maximum atomic E-state index is 10.7. The zero-order valence-corrected chi connectivity index (χ0v) is 13.1. The first kappa shape index (κ1) is 15.5. The monoisotopic (exact) mass is 277 g/mol. The zero-order chi connectivity index (χ0) is 14.8. The van der Waals surface area contributed by atoms with Crippen LogP contribution < -0.4 is 5.32 Å². The summed E-state index contributed by atoms with van der Waals surface area (Å²) in [6.45, 7) is 10.7. The second-order valence-corrected chi connectivity index (χ2v) is 6.48. The highest BCUT2D eigenvalue weighted by atomic mass is 16.5. The fraction of sp³-hybridized carbons (Fsp3) is 0.647. The number of aryl methyl sites for hydroxylation is 3. The zero-order valence-electron chi connectivity index (χ0n) is 13.1. The van der Waals surface area contributed by atoms with Crippen LogP contribution in [-0.4, -0.2) is 36.5 Å². The summed E-state index contributed by atoms with van der Waals surface area (Å²) < 4.78 is 5.47. The van der Waals surface area contributed by atoms with Gasteiger partial charge in [0.2, 0.25) is 0 Å². The van der Waals surface area contributed by atoms with Gasteiger partial charge in [-0.3, -0.25) is 0 Å². The highest BCUT2D eigenvalue weighted by molar-refractivity contribution is 5.38. The van der Waals surface area contributed by atoms with Gasteiger partial charge < -0.3 is 15.2 Å². The highest BCUT2D eigenvalue weighted by Crippen LogP contribution is 2.25. The summed E-state index contributed by atoms with van der Waals surface area (Å²) >= 11 is 0. The molecule has 0 radical (unpaired) electrons. The van der Waals surface area contributed by atoms with Gasteiger partial charge in [0.1, 0.15) is 0 Å². The number of benzene rings is 1. The summed E-state index contributed by atoms with van der Waals surface area (Å²) in [4.78, 5) is 0. The maximum Gasteiger partial charge on any atom is 0.0675 e. The van der Waals surface area contributed by atoms with E-state index in [2.05, 4.69) is 38.2 Å². The van der Waals surface area contributed by atoms with Gasteiger partial charge in [-0.1, -0.05) is 17.7 Å². The molecule has 1 aromatic carbocycles. The first-order valence-electron chi connectivity index (χ1n) is 7.48. The van der Waals surface area contributed by atoms with Gasteiger partial charge >= 0.3 is 0 Å². The Kier molecular flexibility index (Phi) is 4.84. The standard InChI is InChI=1S/C17H27NO2/c1-12-7-13(2)16(14(3)8-12)10-17(4,19)9-15-11-20-6-5-18-15/h7-8,15,18-19H,5-6,9-11H2,1-4H3. The smallest absolute Gasteiger partial charge is 0.0675 e. The number of hydrogen-bond acceptors (Lipinski definition) is 3. The Morgan fingerprint density at radius 1 is 1.30 bits per heavy atom. The van der Waals surface area contributed by atoms with Crippen LogP contribution >= 0.6 is 0 Å². The van der Waals surface area contributed by atoms with Gasteiger partial charge in [0, 0.05) is 19.0 Å². The topological polar surface area (TPSA) is 41.5 Å². The molecule has 0 amide bonds. The summed E-state index contributed by atoms with van der Waals surface area (Å²) in [5.41, 5.74) is 4.40. The largest absolute Gasteiger partial charge is 0.390 e. The molecule has 0 spiro atoms. The van der Waals surface area contributed by atoms with E-state index in [4.69, 9.17) is 4.74 Å². The van der Waals surface area contributed by atoms with Crippen molar-refractivity contribution < 1.29 is 9.84 Å². The van der Waals surface area contributed by atoms with E-state index in [1.165, 1.54) is 22.3 Å². The van der Waals surface area contributed by atoms with Gasteiger partial charge in [0.25, 0.3) is 0 Å². The summed E-state index contributed by atoms with van der Waals surface area (Å²) in [5, 5.41) is 14.2. The molecule has 2 N–H and O–H groups in total. The quantitative estimate of drug-likeness (QED) is 0.887. The summed E-state index contributed by atoms with van der Waals surface area (Å²) in [5.74, 6) is 0. The molecule has 1 aliphatic rings. The van der Waals surface area contributed by atoms with Crippen LogP contribution in [0.15, 0.2) is 12.1 Å². The normalized spacial score (nSPS) is 22.6. The number of hydrogen-bond donors (Lipinski definition) is 2. The molecule has 1 aromatic rings. The third-order valence-corrected chi connectivity index (χ3v) is 4.08. The van der Waals surface area contributed by atoms with Gasteiger partial charge in [-0.25, -0.2) is 0 Å². The number of nitrogens with one attached hydrogen (secondary N) is 1. The van der Waals surface area contributed by atoms with Gasteiger partial charge in [-0.15, -0.1) is 0 Å². The molecule has 2 atom stereocenters. The fourth-order valence-corrected chi connectivity index (χ4v) is 3.22. The van der Waals surface area contributed by atoms with Gasteiger partial charge in [-0.2, -0.15) is 0 Å². The summed E-state index contributed by atoms with van der Waals surface area (Å²) in [7, 11) is 0. The Labute approximate surface area is 122 Å². The van der Waals surface area contributed by atoms with Gasteiger partial charge in [0.15, 0.2) is 0 Å². The third-order valence-electron chi connectivity index (χ3n) is 4.08. The van der Waals surface area contributed by atoms with Crippen molar-refractivity contribution >= 4 is 0 Å². The van der Waals surface area contributed by atoms with E-state index in [1.54, 1.807) is 0 Å². The minimum absolute atomic E-state index is 0.254. The molecule has 2 rings (SSSR count). The molecule has 2 unspecified atom stereocenters. The molecule has 20 heavy (non-hydrogen) atoms. The van der Waals surface area contributed by atoms with Gasteiger partial charge in [-0.05, 0) is 50.8 Å². The molecule has 1 fully saturated rings. The molecule has 0 aromatic heterocycles. The van der Waals surface area contributed by atoms with E-state index in [0.29, 0.717) is 13.0 Å². The number of aliphatic hydroxyl groups is 1. The average molecular weight is 277 g/mol.